The van der Waals surface area contributed by atoms with E-state index in [0.717, 1.165) is 38.5 Å². The summed E-state index contributed by atoms with van der Waals surface area (Å²) in [6.45, 7) is 6.50. The van der Waals surface area contributed by atoms with Crippen LogP contribution in [0.5, 0.6) is 0 Å². The van der Waals surface area contributed by atoms with E-state index in [0.29, 0.717) is 19.3 Å². The number of carbonyl (C=O) groups excluding carboxylic acids is 2. The summed E-state index contributed by atoms with van der Waals surface area (Å²) < 4.78 is 5.92. The number of amides is 1. The summed E-state index contributed by atoms with van der Waals surface area (Å²) in [5.41, 5.74) is 0. The fourth-order valence-corrected chi connectivity index (χ4v) is 8.96. The molecule has 0 fully saturated rings. The van der Waals surface area contributed by atoms with E-state index < -0.39 is 18.2 Å². The quantitative estimate of drug-likeness (QED) is 0.0418. The van der Waals surface area contributed by atoms with E-state index in [1.807, 2.05) is 0 Å². The third-order valence-corrected chi connectivity index (χ3v) is 13.2. The predicted molar refractivity (Wildman–Crippen MR) is 264 cm³/mol. The monoisotopic (exact) mass is 864 g/mol. The second-order valence-corrected chi connectivity index (χ2v) is 19.4. The average molecular weight is 864 g/mol. The first-order valence-corrected chi connectivity index (χ1v) is 27.8. The maximum Gasteiger partial charge on any atom is 0.306 e. The Kier molecular flexibility index (Phi) is 48.9. The topological polar surface area (TPSA) is 95.9 Å². The summed E-state index contributed by atoms with van der Waals surface area (Å²) in [7, 11) is 0. The molecule has 0 bridgehead atoms. The van der Waals surface area contributed by atoms with Gasteiger partial charge in [0.25, 0.3) is 0 Å². The molecular formula is C55H109NO5. The van der Waals surface area contributed by atoms with Crippen LogP contribution in [0.1, 0.15) is 316 Å². The maximum atomic E-state index is 13.2. The Bertz CT molecular complexity index is 882. The first-order chi connectivity index (χ1) is 30.0. The van der Waals surface area contributed by atoms with Crippen molar-refractivity contribution in [1.29, 1.82) is 0 Å². The fraction of sp³-hybridized carbons (Fsp3) is 0.964. The number of carbonyl (C=O) groups is 2. The Morgan fingerprint density at radius 2 is 0.689 bits per heavy atom. The van der Waals surface area contributed by atoms with E-state index in [2.05, 4.69) is 26.1 Å². The standard InChI is InChI=1S/C55H109NO5/c1-4-7-10-13-16-18-20-22-24-26-28-30-32-34-36-39-42-45-48-55(60)61-51(46-43-40-37-15-12-9-6-3)49-54(59)56-52(50-57)53(58)47-44-41-38-35-33-31-29-27-25-23-21-19-17-14-11-8-5-2/h51-53,57-58H,4-50H2,1-3H3,(H,56,59). The molecule has 0 aromatic heterocycles. The van der Waals surface area contributed by atoms with Gasteiger partial charge in [0.15, 0.2) is 0 Å². The number of nitrogens with one attached hydrogen (secondary N) is 1. The Hall–Kier alpha value is -1.14. The molecule has 0 aromatic carbocycles. The number of aliphatic hydroxyl groups excluding tert-OH is 2. The zero-order valence-electron chi connectivity index (χ0n) is 41.6. The first-order valence-electron chi connectivity index (χ1n) is 27.8. The molecular weight excluding hydrogens is 755 g/mol. The maximum absolute atomic E-state index is 13.2. The molecule has 0 heterocycles. The van der Waals surface area contributed by atoms with Crippen molar-refractivity contribution >= 4 is 11.9 Å². The van der Waals surface area contributed by atoms with Crippen LogP contribution in [0.4, 0.5) is 0 Å². The third kappa shape index (κ3) is 45.2. The van der Waals surface area contributed by atoms with Gasteiger partial charge in [-0.2, -0.15) is 0 Å². The van der Waals surface area contributed by atoms with Crippen molar-refractivity contribution in [2.75, 3.05) is 6.61 Å². The number of ether oxygens (including phenoxy) is 1. The zero-order chi connectivity index (χ0) is 44.5. The number of esters is 1. The summed E-state index contributed by atoms with van der Waals surface area (Å²) in [4.78, 5) is 26.1. The molecule has 0 spiro atoms. The molecule has 6 heteroatoms. The highest BCUT2D eigenvalue weighted by Gasteiger charge is 2.24. The van der Waals surface area contributed by atoms with E-state index in [4.69, 9.17) is 4.74 Å². The molecule has 1 amide bonds. The second-order valence-electron chi connectivity index (χ2n) is 19.4. The van der Waals surface area contributed by atoms with Crippen LogP contribution in [-0.2, 0) is 14.3 Å². The van der Waals surface area contributed by atoms with Gasteiger partial charge in [0.1, 0.15) is 6.10 Å². The van der Waals surface area contributed by atoms with Gasteiger partial charge in [0, 0.05) is 6.42 Å². The molecule has 0 saturated heterocycles. The van der Waals surface area contributed by atoms with E-state index in [-0.39, 0.29) is 24.9 Å². The van der Waals surface area contributed by atoms with E-state index in [1.54, 1.807) is 0 Å². The Labute approximate surface area is 381 Å². The molecule has 6 nitrogen and oxygen atoms in total. The molecule has 3 atom stereocenters. The van der Waals surface area contributed by atoms with E-state index in [9.17, 15) is 19.8 Å². The van der Waals surface area contributed by atoms with Crippen molar-refractivity contribution < 1.29 is 24.5 Å². The van der Waals surface area contributed by atoms with Crippen molar-refractivity contribution in [3.63, 3.8) is 0 Å². The van der Waals surface area contributed by atoms with Gasteiger partial charge in [0.2, 0.25) is 5.91 Å². The van der Waals surface area contributed by atoms with Crippen molar-refractivity contribution in [1.82, 2.24) is 5.32 Å². The molecule has 364 valence electrons. The number of aliphatic hydroxyl groups is 2. The predicted octanol–water partition coefficient (Wildman–Crippen LogP) is 16.7. The number of rotatable bonds is 51. The van der Waals surface area contributed by atoms with Gasteiger partial charge in [0.05, 0.1) is 25.2 Å². The van der Waals surface area contributed by atoms with Crippen LogP contribution in [0.15, 0.2) is 0 Å². The van der Waals surface area contributed by atoms with Crippen LogP contribution in [0.3, 0.4) is 0 Å². The van der Waals surface area contributed by atoms with E-state index in [1.165, 1.54) is 231 Å². The van der Waals surface area contributed by atoms with Crippen LogP contribution in [0, 0.1) is 0 Å². The minimum Gasteiger partial charge on any atom is -0.462 e. The Balaban J connectivity index is 4.24. The summed E-state index contributed by atoms with van der Waals surface area (Å²) >= 11 is 0. The lowest BCUT2D eigenvalue weighted by atomic mass is 10.0. The van der Waals surface area contributed by atoms with Gasteiger partial charge in [-0.1, -0.05) is 278 Å². The van der Waals surface area contributed by atoms with Gasteiger partial charge < -0.3 is 20.3 Å². The molecule has 0 saturated carbocycles. The van der Waals surface area contributed by atoms with E-state index >= 15 is 0 Å². The minimum absolute atomic E-state index is 0.0864. The molecule has 3 unspecified atom stereocenters. The highest BCUT2D eigenvalue weighted by atomic mass is 16.5. The van der Waals surface area contributed by atoms with Crippen LogP contribution in [-0.4, -0.2) is 46.9 Å². The Morgan fingerprint density at radius 1 is 0.410 bits per heavy atom. The summed E-state index contributed by atoms with van der Waals surface area (Å²) in [6.07, 6.45) is 54.7. The molecule has 61 heavy (non-hydrogen) atoms. The lowest BCUT2D eigenvalue weighted by molar-refractivity contribution is -0.151. The minimum atomic E-state index is -0.779. The van der Waals surface area contributed by atoms with Crippen molar-refractivity contribution in [2.45, 2.75) is 334 Å². The number of unbranched alkanes of at least 4 members (excludes halogenated alkanes) is 39. The third-order valence-electron chi connectivity index (χ3n) is 13.2. The SMILES string of the molecule is CCCCCCCCCCCCCCCCCCCCC(=O)OC(CCCCCCCCC)CC(=O)NC(CO)C(O)CCCCCCCCCCCCCCCCCCC. The molecule has 0 aliphatic carbocycles. The molecule has 0 aliphatic heterocycles. The lowest BCUT2D eigenvalue weighted by Gasteiger charge is -2.24. The highest BCUT2D eigenvalue weighted by Crippen LogP contribution is 2.19. The van der Waals surface area contributed by atoms with Gasteiger partial charge in [-0.05, 0) is 25.7 Å². The van der Waals surface area contributed by atoms with Crippen LogP contribution >= 0.6 is 0 Å². The molecule has 0 aliphatic rings. The van der Waals surface area contributed by atoms with Crippen LogP contribution < -0.4 is 5.32 Å². The molecule has 0 aromatic rings. The zero-order valence-corrected chi connectivity index (χ0v) is 41.6. The second kappa shape index (κ2) is 49.9. The Morgan fingerprint density at radius 3 is 1.00 bits per heavy atom. The fourth-order valence-electron chi connectivity index (χ4n) is 8.96. The molecule has 0 radical (unpaired) electrons. The van der Waals surface area contributed by atoms with Crippen LogP contribution in [0.2, 0.25) is 0 Å². The van der Waals surface area contributed by atoms with Crippen molar-refractivity contribution in [3.05, 3.63) is 0 Å². The summed E-state index contributed by atoms with van der Waals surface area (Å²) in [6, 6.07) is -0.691. The van der Waals surface area contributed by atoms with Crippen molar-refractivity contribution in [2.24, 2.45) is 0 Å². The largest absolute Gasteiger partial charge is 0.462 e. The van der Waals surface area contributed by atoms with Crippen molar-refractivity contribution in [3.8, 4) is 0 Å². The lowest BCUT2D eigenvalue weighted by Crippen LogP contribution is -2.46. The molecule has 0 rings (SSSR count). The smallest absolute Gasteiger partial charge is 0.306 e. The summed E-state index contributed by atoms with van der Waals surface area (Å²) in [5.74, 6) is -0.454. The normalized spacial score (nSPS) is 13.1. The average Bonchev–Trinajstić information content (AvgIpc) is 3.25. The van der Waals surface area contributed by atoms with Gasteiger partial charge in [-0.25, -0.2) is 0 Å². The van der Waals surface area contributed by atoms with Gasteiger partial charge in [-0.3, -0.25) is 9.59 Å². The highest BCUT2D eigenvalue weighted by molar-refractivity contribution is 5.77. The number of hydrogen-bond donors (Lipinski definition) is 3. The van der Waals surface area contributed by atoms with Gasteiger partial charge >= 0.3 is 5.97 Å². The van der Waals surface area contributed by atoms with Crippen LogP contribution in [0.25, 0.3) is 0 Å². The number of hydrogen-bond acceptors (Lipinski definition) is 5. The molecule has 3 N–H and O–H groups in total. The first kappa shape index (κ1) is 59.9. The summed E-state index contributed by atoms with van der Waals surface area (Å²) in [5, 5.41) is 23.8. The van der Waals surface area contributed by atoms with Gasteiger partial charge in [-0.15, -0.1) is 0 Å².